The van der Waals surface area contributed by atoms with Crippen LogP contribution < -0.4 is 11.1 Å². The van der Waals surface area contributed by atoms with Crippen LogP contribution >= 0.6 is 11.6 Å². The number of hydrogen-bond donors (Lipinski definition) is 2. The fourth-order valence-electron chi connectivity index (χ4n) is 2.11. The van der Waals surface area contributed by atoms with Gasteiger partial charge in [-0.1, -0.05) is 17.7 Å². The molecule has 0 aromatic heterocycles. The second-order valence-corrected chi connectivity index (χ2v) is 5.53. The summed E-state index contributed by atoms with van der Waals surface area (Å²) in [6.07, 6.45) is 3.26. The number of nitrogens with one attached hydrogen (secondary N) is 1. The van der Waals surface area contributed by atoms with Crippen molar-refractivity contribution in [3.8, 4) is 0 Å². The van der Waals surface area contributed by atoms with Gasteiger partial charge in [-0.3, -0.25) is 4.79 Å². The Kier molecular flexibility index (Phi) is 4.32. The van der Waals surface area contributed by atoms with E-state index in [-0.39, 0.29) is 11.3 Å². The van der Waals surface area contributed by atoms with E-state index in [1.54, 1.807) is 25.3 Å². The highest BCUT2D eigenvalue weighted by atomic mass is 35.5. The molecule has 104 valence electrons. The van der Waals surface area contributed by atoms with Crippen LogP contribution in [0.2, 0.25) is 5.02 Å². The van der Waals surface area contributed by atoms with Crippen LogP contribution in [0.1, 0.15) is 29.6 Å². The quantitative estimate of drug-likeness (QED) is 0.788. The zero-order valence-electron chi connectivity index (χ0n) is 11.0. The zero-order chi connectivity index (χ0) is 13.9. The second kappa shape index (κ2) is 5.80. The van der Waals surface area contributed by atoms with Gasteiger partial charge in [0.25, 0.3) is 5.91 Å². The molecule has 0 spiro atoms. The Morgan fingerprint density at radius 2 is 2.26 bits per heavy atom. The van der Waals surface area contributed by atoms with Crippen molar-refractivity contribution in [2.75, 3.05) is 26.0 Å². The number of hydrogen-bond acceptors (Lipinski definition) is 3. The highest BCUT2D eigenvalue weighted by Gasteiger charge is 2.42. The highest BCUT2D eigenvalue weighted by molar-refractivity contribution is 6.33. The first-order valence-electron chi connectivity index (χ1n) is 6.39. The number of nitrogens with two attached hydrogens (primary N) is 1. The van der Waals surface area contributed by atoms with E-state index in [2.05, 4.69) is 5.32 Å². The molecule has 0 radical (unpaired) electrons. The fraction of sp³-hybridized carbons (Fsp3) is 0.500. The summed E-state index contributed by atoms with van der Waals surface area (Å²) in [5, 5.41) is 3.36. The Morgan fingerprint density at radius 3 is 2.89 bits per heavy atom. The van der Waals surface area contributed by atoms with Gasteiger partial charge >= 0.3 is 0 Å². The third-order valence-electron chi connectivity index (χ3n) is 3.72. The molecule has 1 fully saturated rings. The molecular weight excluding hydrogens is 264 g/mol. The SMILES string of the molecule is COCCC1(CNC(=O)c2cccc(Cl)c2N)CC1. The van der Waals surface area contributed by atoms with Crippen LogP contribution in [0.25, 0.3) is 0 Å². The summed E-state index contributed by atoms with van der Waals surface area (Å²) in [5.41, 5.74) is 6.80. The molecule has 5 heteroatoms. The first-order valence-corrected chi connectivity index (χ1v) is 6.77. The summed E-state index contributed by atoms with van der Waals surface area (Å²) in [6, 6.07) is 5.09. The lowest BCUT2D eigenvalue weighted by atomic mass is 10.0. The van der Waals surface area contributed by atoms with Gasteiger partial charge in [0.1, 0.15) is 0 Å². The number of carbonyl (C=O) groups excluding carboxylic acids is 1. The topological polar surface area (TPSA) is 64.3 Å². The highest BCUT2D eigenvalue weighted by Crippen LogP contribution is 2.48. The standard InChI is InChI=1S/C14H19ClN2O2/c1-19-8-7-14(5-6-14)9-17-13(18)10-3-2-4-11(15)12(10)16/h2-4H,5-9,16H2,1H3,(H,17,18). The van der Waals surface area contributed by atoms with Crippen LogP contribution in [-0.2, 0) is 4.74 Å². The summed E-state index contributed by atoms with van der Waals surface area (Å²) >= 11 is 5.91. The fourth-order valence-corrected chi connectivity index (χ4v) is 2.28. The number of carbonyl (C=O) groups is 1. The van der Waals surface area contributed by atoms with Crippen LogP contribution in [0, 0.1) is 5.41 Å². The number of amides is 1. The Balaban J connectivity index is 1.93. The minimum atomic E-state index is -0.163. The van der Waals surface area contributed by atoms with Crippen molar-refractivity contribution in [1.29, 1.82) is 0 Å². The van der Waals surface area contributed by atoms with E-state index in [0.29, 0.717) is 22.8 Å². The van der Waals surface area contributed by atoms with Crippen molar-refractivity contribution >= 4 is 23.2 Å². The number of halogens is 1. The molecule has 0 heterocycles. The smallest absolute Gasteiger partial charge is 0.253 e. The third-order valence-corrected chi connectivity index (χ3v) is 4.04. The van der Waals surface area contributed by atoms with E-state index in [1.807, 2.05) is 0 Å². The van der Waals surface area contributed by atoms with Crippen molar-refractivity contribution in [1.82, 2.24) is 5.32 Å². The zero-order valence-corrected chi connectivity index (χ0v) is 11.8. The van der Waals surface area contributed by atoms with E-state index < -0.39 is 0 Å². The van der Waals surface area contributed by atoms with Gasteiger partial charge in [0.2, 0.25) is 0 Å². The van der Waals surface area contributed by atoms with Gasteiger partial charge in [0.05, 0.1) is 16.3 Å². The molecule has 3 N–H and O–H groups in total. The lowest BCUT2D eigenvalue weighted by Crippen LogP contribution is -2.31. The maximum Gasteiger partial charge on any atom is 0.253 e. The first-order chi connectivity index (χ1) is 9.08. The Morgan fingerprint density at radius 1 is 1.53 bits per heavy atom. The Labute approximate surface area is 118 Å². The molecule has 1 saturated carbocycles. The van der Waals surface area contributed by atoms with Crippen molar-refractivity contribution in [3.05, 3.63) is 28.8 Å². The second-order valence-electron chi connectivity index (χ2n) is 5.13. The van der Waals surface area contributed by atoms with Crippen LogP contribution in [0.4, 0.5) is 5.69 Å². The lowest BCUT2D eigenvalue weighted by molar-refractivity contribution is 0.0939. The minimum Gasteiger partial charge on any atom is -0.397 e. The molecule has 1 aromatic rings. The Bertz CT molecular complexity index is 473. The molecule has 0 saturated heterocycles. The van der Waals surface area contributed by atoms with Crippen LogP contribution in [0.3, 0.4) is 0 Å². The molecule has 0 unspecified atom stereocenters. The molecule has 0 aliphatic heterocycles. The number of anilines is 1. The van der Waals surface area contributed by atoms with Crippen molar-refractivity contribution in [2.24, 2.45) is 5.41 Å². The monoisotopic (exact) mass is 282 g/mol. The summed E-state index contributed by atoms with van der Waals surface area (Å²) < 4.78 is 5.09. The number of ether oxygens (including phenoxy) is 1. The molecule has 1 aliphatic rings. The summed E-state index contributed by atoms with van der Waals surface area (Å²) in [6.45, 7) is 1.40. The van der Waals surface area contributed by atoms with E-state index in [0.717, 1.165) is 25.9 Å². The summed E-state index contributed by atoms with van der Waals surface area (Å²) in [4.78, 5) is 12.1. The van der Waals surface area contributed by atoms with Gasteiger partial charge in [0, 0.05) is 20.3 Å². The average Bonchev–Trinajstić information content (AvgIpc) is 3.17. The van der Waals surface area contributed by atoms with E-state index in [9.17, 15) is 4.79 Å². The summed E-state index contributed by atoms with van der Waals surface area (Å²) in [5.74, 6) is -0.163. The predicted octanol–water partition coefficient (Wildman–Crippen LogP) is 2.47. The molecule has 1 aromatic carbocycles. The van der Waals surface area contributed by atoms with Crippen molar-refractivity contribution in [3.63, 3.8) is 0 Å². The van der Waals surface area contributed by atoms with E-state index >= 15 is 0 Å². The normalized spacial score (nSPS) is 16.1. The number of benzene rings is 1. The van der Waals surface area contributed by atoms with Gasteiger partial charge < -0.3 is 15.8 Å². The maximum atomic E-state index is 12.1. The molecule has 4 nitrogen and oxygen atoms in total. The van der Waals surface area contributed by atoms with Crippen molar-refractivity contribution in [2.45, 2.75) is 19.3 Å². The summed E-state index contributed by atoms with van der Waals surface area (Å²) in [7, 11) is 1.70. The van der Waals surface area contributed by atoms with E-state index in [1.165, 1.54) is 0 Å². The van der Waals surface area contributed by atoms with Crippen molar-refractivity contribution < 1.29 is 9.53 Å². The molecule has 1 aliphatic carbocycles. The minimum absolute atomic E-state index is 0.163. The molecular formula is C14H19ClN2O2. The van der Waals surface area contributed by atoms with Gasteiger partial charge in [0.15, 0.2) is 0 Å². The number of rotatable bonds is 6. The third kappa shape index (κ3) is 3.39. The maximum absolute atomic E-state index is 12.1. The average molecular weight is 283 g/mol. The number of methoxy groups -OCH3 is 1. The van der Waals surface area contributed by atoms with Crippen LogP contribution in [-0.4, -0.2) is 26.2 Å². The molecule has 19 heavy (non-hydrogen) atoms. The largest absolute Gasteiger partial charge is 0.397 e. The number of para-hydroxylation sites is 1. The van der Waals surface area contributed by atoms with Crippen LogP contribution in [0.15, 0.2) is 18.2 Å². The predicted molar refractivity (Wildman–Crippen MR) is 76.4 cm³/mol. The van der Waals surface area contributed by atoms with Gasteiger partial charge in [-0.2, -0.15) is 0 Å². The molecule has 2 rings (SSSR count). The Hall–Kier alpha value is -1.26. The first kappa shape index (κ1) is 14.2. The molecule has 0 atom stereocenters. The lowest BCUT2D eigenvalue weighted by Gasteiger charge is -2.16. The van der Waals surface area contributed by atoms with Gasteiger partial charge in [-0.25, -0.2) is 0 Å². The van der Waals surface area contributed by atoms with E-state index in [4.69, 9.17) is 22.1 Å². The molecule has 1 amide bonds. The molecule has 0 bridgehead atoms. The number of nitrogen functional groups attached to an aromatic ring is 1. The van der Waals surface area contributed by atoms with Crippen LogP contribution in [0.5, 0.6) is 0 Å². The van der Waals surface area contributed by atoms with Gasteiger partial charge in [-0.15, -0.1) is 0 Å². The van der Waals surface area contributed by atoms with Gasteiger partial charge in [-0.05, 0) is 36.8 Å².